The van der Waals surface area contributed by atoms with E-state index in [1.54, 1.807) is 24.3 Å². The molecular formula is C14H12Cl2O2Te. The summed E-state index contributed by atoms with van der Waals surface area (Å²) in [5, 5.41) is 9.25. The number of phenols is 1. The van der Waals surface area contributed by atoms with Crippen LogP contribution in [0.2, 0.25) is 4.47 Å². The molecule has 0 radical (unpaired) electrons. The summed E-state index contributed by atoms with van der Waals surface area (Å²) < 4.78 is 0.938. The van der Waals surface area contributed by atoms with Gasteiger partial charge in [0.2, 0.25) is 0 Å². The topological polar surface area (TPSA) is 37.3 Å². The van der Waals surface area contributed by atoms with E-state index in [1.165, 1.54) is 12.1 Å². The van der Waals surface area contributed by atoms with Gasteiger partial charge in [-0.15, -0.1) is 0 Å². The molecule has 0 heterocycles. The zero-order valence-corrected chi connectivity index (χ0v) is 13.8. The molecule has 1 N–H and O–H groups in total. The Hall–Kier alpha value is -0.720. The quantitative estimate of drug-likeness (QED) is 0.619. The molecule has 0 saturated heterocycles. The molecule has 2 aromatic carbocycles. The van der Waals surface area contributed by atoms with Crippen LogP contribution in [0.1, 0.15) is 10.4 Å². The van der Waals surface area contributed by atoms with E-state index in [0.717, 1.165) is 3.61 Å². The van der Waals surface area contributed by atoms with E-state index in [2.05, 4.69) is 0 Å². The second-order valence-corrected chi connectivity index (χ2v) is 17.6. The van der Waals surface area contributed by atoms with Crippen molar-refractivity contribution in [2.45, 2.75) is 4.47 Å². The summed E-state index contributed by atoms with van der Waals surface area (Å²) >= 11 is -3.44. The maximum absolute atomic E-state index is 12.1. The number of halogens is 2. The van der Waals surface area contributed by atoms with Gasteiger partial charge < -0.3 is 0 Å². The number of rotatable bonds is 4. The summed E-state index contributed by atoms with van der Waals surface area (Å²) in [5.74, 6) is 0.116. The molecule has 0 saturated carbocycles. The predicted octanol–water partition coefficient (Wildman–Crippen LogP) is 3.40. The van der Waals surface area contributed by atoms with Gasteiger partial charge in [-0.1, -0.05) is 0 Å². The Morgan fingerprint density at radius 2 is 1.58 bits per heavy atom. The van der Waals surface area contributed by atoms with E-state index in [9.17, 15) is 9.90 Å². The van der Waals surface area contributed by atoms with Gasteiger partial charge in [0.25, 0.3) is 0 Å². The third-order valence-corrected chi connectivity index (χ3v) is 11.0. The van der Waals surface area contributed by atoms with Crippen LogP contribution >= 0.6 is 17.9 Å². The van der Waals surface area contributed by atoms with Gasteiger partial charge >= 0.3 is 124 Å². The molecule has 0 amide bonds. The van der Waals surface area contributed by atoms with Crippen LogP contribution in [-0.4, -0.2) is 26.8 Å². The molecular weight excluding hydrogens is 399 g/mol. The molecule has 0 unspecified atom stereocenters. The molecule has 0 aliphatic heterocycles. The minimum atomic E-state index is -3.44. The van der Waals surface area contributed by atoms with E-state index in [0.29, 0.717) is 5.56 Å². The molecule has 0 atom stereocenters. The van der Waals surface area contributed by atoms with Crippen molar-refractivity contribution in [2.24, 2.45) is 0 Å². The molecule has 0 spiro atoms. The van der Waals surface area contributed by atoms with Crippen LogP contribution in [0.25, 0.3) is 0 Å². The summed E-state index contributed by atoms with van der Waals surface area (Å²) in [5.41, 5.74) is 0.623. The molecule has 2 aromatic rings. The van der Waals surface area contributed by atoms with Gasteiger partial charge in [-0.05, 0) is 0 Å². The number of phenolic OH excluding ortho intramolecular Hbond substituents is 1. The molecule has 2 rings (SSSR count). The fraction of sp³-hybridized carbons (Fsp3) is 0.0714. The molecule has 100 valence electrons. The summed E-state index contributed by atoms with van der Waals surface area (Å²) in [6, 6.07) is 15.4. The second-order valence-electron chi connectivity index (χ2n) is 4.00. The molecule has 0 aromatic heterocycles. The van der Waals surface area contributed by atoms with Crippen LogP contribution in [0.15, 0.2) is 54.6 Å². The third kappa shape index (κ3) is 3.87. The Kier molecular flexibility index (Phi) is 4.76. The first kappa shape index (κ1) is 14.7. The summed E-state index contributed by atoms with van der Waals surface area (Å²) in [6.07, 6.45) is 0. The monoisotopic (exact) mass is 412 g/mol. The van der Waals surface area contributed by atoms with Crippen molar-refractivity contribution in [3.8, 4) is 5.75 Å². The van der Waals surface area contributed by atoms with Gasteiger partial charge in [0.15, 0.2) is 0 Å². The first-order chi connectivity index (χ1) is 8.99. The van der Waals surface area contributed by atoms with Crippen LogP contribution in [0.4, 0.5) is 0 Å². The van der Waals surface area contributed by atoms with Crippen molar-refractivity contribution in [1.82, 2.24) is 0 Å². The zero-order chi connectivity index (χ0) is 13.9. The number of hydrogen-bond donors (Lipinski definition) is 1. The van der Waals surface area contributed by atoms with E-state index < -0.39 is 15.9 Å². The first-order valence-electron chi connectivity index (χ1n) is 5.56. The van der Waals surface area contributed by atoms with Crippen LogP contribution in [0, 0.1) is 0 Å². The number of hydrogen-bond acceptors (Lipinski definition) is 2. The number of aromatic hydroxyl groups is 1. The molecule has 19 heavy (non-hydrogen) atoms. The van der Waals surface area contributed by atoms with Crippen molar-refractivity contribution in [1.29, 1.82) is 0 Å². The summed E-state index contributed by atoms with van der Waals surface area (Å²) in [4.78, 5) is 12.1. The Labute approximate surface area is 123 Å². The third-order valence-electron chi connectivity index (χ3n) is 2.59. The number of Topliss-reactive ketones (excluding diaryl/α,β-unsaturated/α-hetero) is 1. The number of carbonyl (C=O) groups excluding carboxylic acids is 1. The van der Waals surface area contributed by atoms with Crippen molar-refractivity contribution in [3.05, 3.63) is 60.2 Å². The predicted molar refractivity (Wildman–Crippen MR) is 80.8 cm³/mol. The summed E-state index contributed by atoms with van der Waals surface area (Å²) in [7, 11) is 12.8. The van der Waals surface area contributed by atoms with E-state index in [4.69, 9.17) is 17.9 Å². The van der Waals surface area contributed by atoms with Gasteiger partial charge in [-0.2, -0.15) is 0 Å². The van der Waals surface area contributed by atoms with Crippen molar-refractivity contribution in [3.63, 3.8) is 0 Å². The van der Waals surface area contributed by atoms with Gasteiger partial charge in [0.05, 0.1) is 0 Å². The Morgan fingerprint density at radius 1 is 1.00 bits per heavy atom. The fourth-order valence-electron chi connectivity index (χ4n) is 1.60. The number of ketones is 1. The SMILES string of the molecule is O=C(C[Te](Cl)(Cl)c1ccc(O)cc1)c1ccccc1. The Balaban J connectivity index is 2.17. The van der Waals surface area contributed by atoms with Crippen LogP contribution < -0.4 is 3.61 Å². The van der Waals surface area contributed by atoms with E-state index in [-0.39, 0.29) is 16.0 Å². The fourth-order valence-corrected chi connectivity index (χ4v) is 7.73. The van der Waals surface area contributed by atoms with Crippen molar-refractivity contribution < 1.29 is 9.90 Å². The second kappa shape index (κ2) is 6.15. The van der Waals surface area contributed by atoms with Crippen molar-refractivity contribution >= 4 is 43.3 Å². The summed E-state index contributed by atoms with van der Waals surface area (Å²) in [6.45, 7) is 0. The zero-order valence-electron chi connectivity index (χ0n) is 9.92. The van der Waals surface area contributed by atoms with Gasteiger partial charge in [0, 0.05) is 0 Å². The van der Waals surface area contributed by atoms with Gasteiger partial charge in [-0.3, -0.25) is 0 Å². The first-order valence-corrected chi connectivity index (χ1v) is 14.3. The van der Waals surface area contributed by atoms with Crippen LogP contribution in [0.5, 0.6) is 5.75 Å². The molecule has 0 aliphatic carbocycles. The van der Waals surface area contributed by atoms with E-state index in [1.807, 2.05) is 18.2 Å². The van der Waals surface area contributed by atoms with E-state index >= 15 is 0 Å². The van der Waals surface area contributed by atoms with Gasteiger partial charge in [0.1, 0.15) is 0 Å². The molecule has 2 nitrogen and oxygen atoms in total. The molecule has 5 heteroatoms. The molecule has 0 aliphatic rings. The maximum atomic E-state index is 12.1. The average Bonchev–Trinajstić information content (AvgIpc) is 2.40. The Morgan fingerprint density at radius 3 is 2.16 bits per heavy atom. The van der Waals surface area contributed by atoms with Gasteiger partial charge in [-0.25, -0.2) is 0 Å². The Bertz CT molecular complexity index is 568. The standard InChI is InChI=1S/C14H12Cl2O2Te/c15-19(16,13-8-6-12(17)7-9-13)10-14(18)11-4-2-1-3-5-11/h1-9,17H,10H2. The van der Waals surface area contributed by atoms with Crippen LogP contribution in [0.3, 0.4) is 0 Å². The average molecular weight is 411 g/mol. The molecule has 0 fully saturated rings. The molecule has 0 bridgehead atoms. The number of benzene rings is 2. The number of carbonyl (C=O) groups is 1. The minimum absolute atomic E-state index is 0.0418. The normalized spacial score (nSPS) is 12.1. The van der Waals surface area contributed by atoms with Crippen LogP contribution in [-0.2, 0) is 0 Å². The van der Waals surface area contributed by atoms with Crippen molar-refractivity contribution in [2.75, 3.05) is 0 Å².